The molecule has 3 atom stereocenters. The molecule has 1 aliphatic rings. The first-order chi connectivity index (χ1) is 5.13. The molecule has 0 bridgehead atoms. The SMILES string of the molecule is CC(C)[C@H](C)[C@@H]1OC=C[C@@H]1C. The van der Waals surface area contributed by atoms with Gasteiger partial charge in [-0.1, -0.05) is 27.7 Å². The average molecular weight is 154 g/mol. The second-order valence-electron chi connectivity index (χ2n) is 3.89. The van der Waals surface area contributed by atoms with E-state index in [-0.39, 0.29) is 0 Å². The maximum absolute atomic E-state index is 5.51. The highest BCUT2D eigenvalue weighted by atomic mass is 16.5. The molecule has 1 aliphatic heterocycles. The van der Waals surface area contributed by atoms with Gasteiger partial charge in [0, 0.05) is 5.92 Å². The van der Waals surface area contributed by atoms with Gasteiger partial charge in [-0.25, -0.2) is 0 Å². The summed E-state index contributed by atoms with van der Waals surface area (Å²) < 4.78 is 5.51. The van der Waals surface area contributed by atoms with E-state index in [2.05, 4.69) is 33.8 Å². The Balaban J connectivity index is 2.48. The quantitative estimate of drug-likeness (QED) is 0.594. The Bertz CT molecular complexity index is 149. The molecule has 0 N–H and O–H groups in total. The zero-order valence-electron chi connectivity index (χ0n) is 7.87. The molecule has 0 aromatic rings. The van der Waals surface area contributed by atoms with Crippen LogP contribution in [-0.2, 0) is 4.74 Å². The van der Waals surface area contributed by atoms with Gasteiger partial charge in [-0.2, -0.15) is 0 Å². The molecule has 0 aliphatic carbocycles. The van der Waals surface area contributed by atoms with Crippen LogP contribution in [0.2, 0.25) is 0 Å². The zero-order chi connectivity index (χ0) is 8.43. The van der Waals surface area contributed by atoms with Crippen LogP contribution in [0.5, 0.6) is 0 Å². The summed E-state index contributed by atoms with van der Waals surface area (Å²) in [5.41, 5.74) is 0. The van der Waals surface area contributed by atoms with Crippen molar-refractivity contribution in [1.82, 2.24) is 0 Å². The molecule has 0 radical (unpaired) electrons. The summed E-state index contributed by atoms with van der Waals surface area (Å²) in [7, 11) is 0. The molecule has 1 heteroatoms. The van der Waals surface area contributed by atoms with E-state index < -0.39 is 0 Å². The van der Waals surface area contributed by atoms with E-state index in [0.717, 1.165) is 0 Å². The number of hydrogen-bond donors (Lipinski definition) is 0. The van der Waals surface area contributed by atoms with Crippen molar-refractivity contribution < 1.29 is 4.74 Å². The van der Waals surface area contributed by atoms with Gasteiger partial charge >= 0.3 is 0 Å². The summed E-state index contributed by atoms with van der Waals surface area (Å²) in [4.78, 5) is 0. The van der Waals surface area contributed by atoms with Crippen molar-refractivity contribution in [3.8, 4) is 0 Å². The molecule has 0 amide bonds. The van der Waals surface area contributed by atoms with Crippen LogP contribution in [0.25, 0.3) is 0 Å². The molecule has 0 saturated heterocycles. The van der Waals surface area contributed by atoms with Crippen LogP contribution in [-0.4, -0.2) is 6.10 Å². The average Bonchev–Trinajstić information content (AvgIpc) is 2.33. The molecule has 0 aromatic carbocycles. The van der Waals surface area contributed by atoms with Gasteiger partial charge in [0.2, 0.25) is 0 Å². The fraction of sp³-hybridized carbons (Fsp3) is 0.800. The Labute approximate surface area is 69.4 Å². The lowest BCUT2D eigenvalue weighted by Crippen LogP contribution is -2.26. The lowest BCUT2D eigenvalue weighted by atomic mass is 9.86. The van der Waals surface area contributed by atoms with Crippen molar-refractivity contribution in [1.29, 1.82) is 0 Å². The smallest absolute Gasteiger partial charge is 0.107 e. The van der Waals surface area contributed by atoms with Gasteiger partial charge in [0.25, 0.3) is 0 Å². The van der Waals surface area contributed by atoms with Crippen LogP contribution in [0.15, 0.2) is 12.3 Å². The van der Waals surface area contributed by atoms with Gasteiger partial charge in [0.15, 0.2) is 0 Å². The van der Waals surface area contributed by atoms with Gasteiger partial charge in [-0.05, 0) is 17.9 Å². The topological polar surface area (TPSA) is 9.23 Å². The minimum Gasteiger partial charge on any atom is -0.497 e. The van der Waals surface area contributed by atoms with Crippen molar-refractivity contribution in [2.45, 2.75) is 33.8 Å². The highest BCUT2D eigenvalue weighted by Crippen LogP contribution is 2.28. The van der Waals surface area contributed by atoms with Gasteiger partial charge < -0.3 is 4.74 Å². The second-order valence-corrected chi connectivity index (χ2v) is 3.89. The maximum atomic E-state index is 5.51. The van der Waals surface area contributed by atoms with E-state index in [1.807, 2.05) is 6.26 Å². The molecule has 1 heterocycles. The molecular weight excluding hydrogens is 136 g/mol. The third-order valence-corrected chi connectivity index (χ3v) is 2.71. The Morgan fingerprint density at radius 3 is 2.27 bits per heavy atom. The van der Waals surface area contributed by atoms with Gasteiger partial charge in [-0.15, -0.1) is 0 Å². The molecule has 0 aromatic heterocycles. The molecule has 0 saturated carbocycles. The second kappa shape index (κ2) is 3.29. The Hall–Kier alpha value is -0.460. The number of rotatable bonds is 2. The Morgan fingerprint density at radius 2 is 1.91 bits per heavy atom. The molecular formula is C10H18O. The summed E-state index contributed by atoms with van der Waals surface area (Å²) in [6.45, 7) is 8.98. The predicted molar refractivity (Wildman–Crippen MR) is 47.2 cm³/mol. The fourth-order valence-electron chi connectivity index (χ4n) is 1.48. The molecule has 0 fully saturated rings. The van der Waals surface area contributed by atoms with E-state index in [1.165, 1.54) is 0 Å². The van der Waals surface area contributed by atoms with Crippen LogP contribution in [0, 0.1) is 17.8 Å². The summed E-state index contributed by atoms with van der Waals surface area (Å²) in [5.74, 6) is 1.95. The van der Waals surface area contributed by atoms with Crippen LogP contribution in [0.4, 0.5) is 0 Å². The van der Waals surface area contributed by atoms with Crippen molar-refractivity contribution in [3.63, 3.8) is 0 Å². The van der Waals surface area contributed by atoms with E-state index in [1.54, 1.807) is 0 Å². The molecule has 11 heavy (non-hydrogen) atoms. The molecule has 0 spiro atoms. The summed E-state index contributed by atoms with van der Waals surface area (Å²) in [6, 6.07) is 0. The highest BCUT2D eigenvalue weighted by Gasteiger charge is 2.28. The summed E-state index contributed by atoms with van der Waals surface area (Å²) in [6.07, 6.45) is 4.40. The third-order valence-electron chi connectivity index (χ3n) is 2.71. The van der Waals surface area contributed by atoms with Crippen molar-refractivity contribution >= 4 is 0 Å². The van der Waals surface area contributed by atoms with Crippen LogP contribution in [0.1, 0.15) is 27.7 Å². The molecule has 64 valence electrons. The first-order valence-corrected chi connectivity index (χ1v) is 4.45. The Morgan fingerprint density at radius 1 is 1.27 bits per heavy atom. The zero-order valence-corrected chi connectivity index (χ0v) is 7.87. The molecule has 1 nitrogen and oxygen atoms in total. The highest BCUT2D eigenvalue weighted by molar-refractivity contribution is 4.95. The third kappa shape index (κ3) is 1.76. The largest absolute Gasteiger partial charge is 0.497 e. The van der Waals surface area contributed by atoms with Crippen molar-refractivity contribution in [3.05, 3.63) is 12.3 Å². The number of hydrogen-bond acceptors (Lipinski definition) is 1. The van der Waals surface area contributed by atoms with Crippen LogP contribution in [0.3, 0.4) is 0 Å². The van der Waals surface area contributed by atoms with Crippen molar-refractivity contribution in [2.75, 3.05) is 0 Å². The summed E-state index contributed by atoms with van der Waals surface area (Å²) in [5, 5.41) is 0. The van der Waals surface area contributed by atoms with Gasteiger partial charge in [-0.3, -0.25) is 0 Å². The standard InChI is InChI=1S/C10H18O/c1-7(2)9(4)10-8(3)5-6-11-10/h5-10H,1-4H3/t8-,9-,10+/m0/s1. The van der Waals surface area contributed by atoms with Gasteiger partial charge in [0.05, 0.1) is 6.26 Å². The molecule has 1 rings (SSSR count). The first-order valence-electron chi connectivity index (χ1n) is 4.45. The van der Waals surface area contributed by atoms with E-state index >= 15 is 0 Å². The molecule has 0 unspecified atom stereocenters. The predicted octanol–water partition coefficient (Wildman–Crippen LogP) is 2.83. The van der Waals surface area contributed by atoms with E-state index in [4.69, 9.17) is 4.74 Å². The lowest BCUT2D eigenvalue weighted by molar-refractivity contribution is 0.0668. The minimum atomic E-state index is 0.412. The van der Waals surface area contributed by atoms with Crippen LogP contribution >= 0.6 is 0 Å². The van der Waals surface area contributed by atoms with Crippen molar-refractivity contribution in [2.24, 2.45) is 17.8 Å². The fourth-order valence-corrected chi connectivity index (χ4v) is 1.48. The van der Waals surface area contributed by atoms with Crippen LogP contribution < -0.4 is 0 Å². The van der Waals surface area contributed by atoms with E-state index in [0.29, 0.717) is 23.9 Å². The monoisotopic (exact) mass is 154 g/mol. The van der Waals surface area contributed by atoms with E-state index in [9.17, 15) is 0 Å². The minimum absolute atomic E-state index is 0.412. The summed E-state index contributed by atoms with van der Waals surface area (Å²) >= 11 is 0. The lowest BCUT2D eigenvalue weighted by Gasteiger charge is -2.25. The normalized spacial score (nSPS) is 32.5. The Kier molecular flexibility index (Phi) is 2.58. The number of ether oxygens (including phenoxy) is 1. The van der Waals surface area contributed by atoms with Gasteiger partial charge in [0.1, 0.15) is 6.10 Å². The first kappa shape index (κ1) is 8.63. The maximum Gasteiger partial charge on any atom is 0.107 e.